The summed E-state index contributed by atoms with van der Waals surface area (Å²) in [7, 11) is 0. The maximum absolute atomic E-state index is 9.20. The van der Waals surface area contributed by atoms with E-state index in [2.05, 4.69) is 21.0 Å². The summed E-state index contributed by atoms with van der Waals surface area (Å²) in [5.41, 5.74) is 3.23. The number of benzene rings is 1. The summed E-state index contributed by atoms with van der Waals surface area (Å²) in [5.74, 6) is 0.290. The van der Waals surface area contributed by atoms with Crippen molar-refractivity contribution in [3.8, 4) is 5.75 Å². The van der Waals surface area contributed by atoms with Gasteiger partial charge < -0.3 is 5.11 Å². The number of rotatable bonds is 2. The van der Waals surface area contributed by atoms with Gasteiger partial charge in [-0.25, -0.2) is 0 Å². The Kier molecular flexibility index (Phi) is 3.01. The van der Waals surface area contributed by atoms with E-state index in [4.69, 9.17) is 0 Å². The summed E-state index contributed by atoms with van der Waals surface area (Å²) in [6.45, 7) is 4.73. The molecule has 0 aliphatic rings. The van der Waals surface area contributed by atoms with E-state index in [0.717, 1.165) is 28.0 Å². The van der Waals surface area contributed by atoms with Crippen molar-refractivity contribution in [2.45, 2.75) is 20.4 Å². The summed E-state index contributed by atoms with van der Waals surface area (Å²) >= 11 is 3.50. The van der Waals surface area contributed by atoms with Crippen LogP contribution in [0.2, 0.25) is 0 Å². The van der Waals surface area contributed by atoms with Crippen LogP contribution >= 0.6 is 15.9 Å². The number of phenolic OH excluding ortho intramolecular Hbond substituents is 1. The summed E-state index contributed by atoms with van der Waals surface area (Å²) in [6.07, 6.45) is 0. The molecule has 0 spiro atoms. The van der Waals surface area contributed by atoms with Gasteiger partial charge in [-0.05, 0) is 47.5 Å². The van der Waals surface area contributed by atoms with E-state index in [0.29, 0.717) is 5.75 Å². The first kappa shape index (κ1) is 11.2. The molecule has 0 unspecified atom stereocenters. The number of nitrogens with zero attached hydrogens (tertiary/aromatic N) is 2. The average Bonchev–Trinajstić information content (AvgIpc) is 2.50. The fraction of sp³-hybridized carbons (Fsp3) is 0.250. The minimum atomic E-state index is 0.290. The molecule has 0 saturated carbocycles. The molecular weight excluding hydrogens is 268 g/mol. The maximum Gasteiger partial charge on any atom is 0.115 e. The van der Waals surface area contributed by atoms with Crippen LogP contribution in [0.3, 0.4) is 0 Å². The Morgan fingerprint density at radius 1 is 1.25 bits per heavy atom. The minimum absolute atomic E-state index is 0.290. The van der Waals surface area contributed by atoms with Crippen LogP contribution in [0.1, 0.15) is 17.0 Å². The Bertz CT molecular complexity index is 502. The van der Waals surface area contributed by atoms with Crippen LogP contribution in [0, 0.1) is 13.8 Å². The molecule has 0 amide bonds. The number of aromatic hydroxyl groups is 1. The van der Waals surface area contributed by atoms with Crippen molar-refractivity contribution in [2.75, 3.05) is 0 Å². The molecule has 0 radical (unpaired) electrons. The molecule has 3 nitrogen and oxygen atoms in total. The zero-order valence-electron chi connectivity index (χ0n) is 9.24. The molecule has 0 aliphatic carbocycles. The SMILES string of the molecule is Cc1nn(Cc2ccc(O)cc2)c(C)c1Br. The van der Waals surface area contributed by atoms with Crippen molar-refractivity contribution in [3.63, 3.8) is 0 Å². The molecule has 0 atom stereocenters. The van der Waals surface area contributed by atoms with Gasteiger partial charge in [-0.3, -0.25) is 4.68 Å². The third kappa shape index (κ3) is 2.11. The van der Waals surface area contributed by atoms with Gasteiger partial charge in [0, 0.05) is 0 Å². The quantitative estimate of drug-likeness (QED) is 0.918. The van der Waals surface area contributed by atoms with Crippen LogP contribution in [-0.2, 0) is 6.54 Å². The standard InChI is InChI=1S/C12H13BrN2O/c1-8-12(13)9(2)15(14-8)7-10-3-5-11(16)6-4-10/h3-6,16H,7H2,1-2H3. The first-order valence-electron chi connectivity index (χ1n) is 5.05. The lowest BCUT2D eigenvalue weighted by Gasteiger charge is -2.04. The molecule has 2 aromatic rings. The lowest BCUT2D eigenvalue weighted by Crippen LogP contribution is -2.03. The minimum Gasteiger partial charge on any atom is -0.508 e. The predicted molar refractivity (Wildman–Crippen MR) is 66.6 cm³/mol. The van der Waals surface area contributed by atoms with E-state index in [1.165, 1.54) is 0 Å². The second-order valence-electron chi connectivity index (χ2n) is 3.81. The van der Waals surface area contributed by atoms with Crippen LogP contribution in [0.15, 0.2) is 28.7 Å². The topological polar surface area (TPSA) is 38.0 Å². The molecule has 0 bridgehead atoms. The number of hydrogen-bond donors (Lipinski definition) is 1. The summed E-state index contributed by atoms with van der Waals surface area (Å²) in [5, 5.41) is 13.6. The third-order valence-corrected chi connectivity index (χ3v) is 3.71. The molecule has 1 aromatic heterocycles. The van der Waals surface area contributed by atoms with E-state index >= 15 is 0 Å². The molecule has 1 N–H and O–H groups in total. The van der Waals surface area contributed by atoms with Gasteiger partial charge in [-0.2, -0.15) is 5.10 Å². The highest BCUT2D eigenvalue weighted by molar-refractivity contribution is 9.10. The molecule has 0 fully saturated rings. The molecule has 2 rings (SSSR count). The average molecular weight is 281 g/mol. The number of hydrogen-bond acceptors (Lipinski definition) is 2. The Morgan fingerprint density at radius 3 is 2.38 bits per heavy atom. The predicted octanol–water partition coefficient (Wildman–Crippen LogP) is 3.02. The highest BCUT2D eigenvalue weighted by Crippen LogP contribution is 2.21. The van der Waals surface area contributed by atoms with Crippen LogP contribution in [0.5, 0.6) is 5.75 Å². The van der Waals surface area contributed by atoms with Gasteiger partial charge >= 0.3 is 0 Å². The van der Waals surface area contributed by atoms with Gasteiger partial charge in [0.1, 0.15) is 5.75 Å². The van der Waals surface area contributed by atoms with Crippen LogP contribution in [-0.4, -0.2) is 14.9 Å². The van der Waals surface area contributed by atoms with E-state index in [9.17, 15) is 5.11 Å². The highest BCUT2D eigenvalue weighted by atomic mass is 79.9. The third-order valence-electron chi connectivity index (χ3n) is 2.56. The first-order valence-corrected chi connectivity index (χ1v) is 5.84. The molecular formula is C12H13BrN2O. The Hall–Kier alpha value is -1.29. The zero-order valence-corrected chi connectivity index (χ0v) is 10.8. The lowest BCUT2D eigenvalue weighted by molar-refractivity contribution is 0.475. The zero-order chi connectivity index (χ0) is 11.7. The van der Waals surface area contributed by atoms with Crippen molar-refractivity contribution in [1.82, 2.24) is 9.78 Å². The summed E-state index contributed by atoms with van der Waals surface area (Å²) in [6, 6.07) is 7.19. The van der Waals surface area contributed by atoms with Crippen molar-refractivity contribution in [2.24, 2.45) is 0 Å². The fourth-order valence-electron chi connectivity index (χ4n) is 1.60. The largest absolute Gasteiger partial charge is 0.508 e. The van der Waals surface area contributed by atoms with E-state index in [-0.39, 0.29) is 0 Å². The Morgan fingerprint density at radius 2 is 1.88 bits per heavy atom. The van der Waals surface area contributed by atoms with Gasteiger partial charge in [0.05, 0.1) is 22.4 Å². The molecule has 4 heteroatoms. The van der Waals surface area contributed by atoms with Gasteiger partial charge in [0.25, 0.3) is 0 Å². The van der Waals surface area contributed by atoms with Gasteiger partial charge in [0.2, 0.25) is 0 Å². The lowest BCUT2D eigenvalue weighted by atomic mass is 10.2. The molecule has 1 heterocycles. The molecule has 0 saturated heterocycles. The highest BCUT2D eigenvalue weighted by Gasteiger charge is 2.08. The van der Waals surface area contributed by atoms with Crippen molar-refractivity contribution < 1.29 is 5.11 Å². The maximum atomic E-state index is 9.20. The van der Waals surface area contributed by atoms with E-state index in [1.54, 1.807) is 12.1 Å². The van der Waals surface area contributed by atoms with Crippen molar-refractivity contribution in [3.05, 3.63) is 45.7 Å². The molecule has 1 aromatic carbocycles. The van der Waals surface area contributed by atoms with E-state index < -0.39 is 0 Å². The van der Waals surface area contributed by atoms with Gasteiger partial charge in [-0.1, -0.05) is 12.1 Å². The van der Waals surface area contributed by atoms with Crippen LogP contribution in [0.25, 0.3) is 0 Å². The number of phenols is 1. The molecule has 84 valence electrons. The molecule has 16 heavy (non-hydrogen) atoms. The Balaban J connectivity index is 2.27. The first-order chi connectivity index (χ1) is 7.58. The molecule has 0 aliphatic heterocycles. The van der Waals surface area contributed by atoms with Crippen LogP contribution in [0.4, 0.5) is 0 Å². The fourth-order valence-corrected chi connectivity index (χ4v) is 1.89. The monoisotopic (exact) mass is 280 g/mol. The van der Waals surface area contributed by atoms with E-state index in [1.807, 2.05) is 30.7 Å². The summed E-state index contributed by atoms with van der Waals surface area (Å²) < 4.78 is 3.01. The number of aromatic nitrogens is 2. The van der Waals surface area contributed by atoms with Gasteiger partial charge in [0.15, 0.2) is 0 Å². The normalized spacial score (nSPS) is 10.7. The Labute approximate surface area is 103 Å². The van der Waals surface area contributed by atoms with Crippen molar-refractivity contribution in [1.29, 1.82) is 0 Å². The van der Waals surface area contributed by atoms with Gasteiger partial charge in [-0.15, -0.1) is 0 Å². The summed E-state index contributed by atoms with van der Waals surface area (Å²) in [4.78, 5) is 0. The number of aryl methyl sites for hydroxylation is 1. The second-order valence-corrected chi connectivity index (χ2v) is 4.60. The van der Waals surface area contributed by atoms with Crippen molar-refractivity contribution >= 4 is 15.9 Å². The number of halogens is 1. The smallest absolute Gasteiger partial charge is 0.115 e. The second kappa shape index (κ2) is 4.29. The van der Waals surface area contributed by atoms with Crippen LogP contribution < -0.4 is 0 Å².